The highest BCUT2D eigenvalue weighted by Gasteiger charge is 2.08. The Kier molecular flexibility index (Phi) is 3.17. The van der Waals surface area contributed by atoms with Gasteiger partial charge in [-0.05, 0) is 0 Å². The summed E-state index contributed by atoms with van der Waals surface area (Å²) in [6.07, 6.45) is 1.64. The second-order valence-electron chi connectivity index (χ2n) is 2.13. The lowest BCUT2D eigenvalue weighted by Gasteiger charge is -2.08. The fourth-order valence-corrected chi connectivity index (χ4v) is 1.14. The average molecular weight is 188 g/mol. The van der Waals surface area contributed by atoms with Crippen molar-refractivity contribution in [3.63, 3.8) is 0 Å². The third kappa shape index (κ3) is 1.61. The summed E-state index contributed by atoms with van der Waals surface area (Å²) in [4.78, 5) is 4.04. The number of ether oxygens (including phenoxy) is 2. The van der Waals surface area contributed by atoms with Crippen molar-refractivity contribution in [3.8, 4) is 11.5 Å². The molecule has 1 aromatic heterocycles. The normalized spacial score (nSPS) is 9.58. The topological polar surface area (TPSA) is 31.4 Å². The molecule has 0 saturated carbocycles. The molecule has 0 aliphatic rings. The summed E-state index contributed by atoms with van der Waals surface area (Å²) in [5.41, 5.74) is 0.693. The monoisotopic (exact) mass is 187 g/mol. The van der Waals surface area contributed by atoms with E-state index in [0.717, 1.165) is 0 Å². The molecule has 66 valence electrons. The molecule has 0 fully saturated rings. The Balaban J connectivity index is 3.13. The van der Waals surface area contributed by atoms with Crippen LogP contribution in [0.5, 0.6) is 11.5 Å². The van der Waals surface area contributed by atoms with Crippen molar-refractivity contribution in [1.29, 1.82) is 0 Å². The molecule has 0 radical (unpaired) electrons. The maximum absolute atomic E-state index is 5.64. The van der Waals surface area contributed by atoms with Gasteiger partial charge in [0.05, 0.1) is 20.1 Å². The van der Waals surface area contributed by atoms with Crippen LogP contribution >= 0.6 is 11.6 Å². The number of hydrogen-bond acceptors (Lipinski definition) is 3. The number of nitrogens with zero attached hydrogens (tertiary/aromatic N) is 1. The van der Waals surface area contributed by atoms with Crippen LogP contribution in [0.2, 0.25) is 0 Å². The Morgan fingerprint density at radius 2 is 2.17 bits per heavy atom. The van der Waals surface area contributed by atoms with E-state index in [9.17, 15) is 0 Å². The number of hydrogen-bond donors (Lipinski definition) is 0. The zero-order valence-electron chi connectivity index (χ0n) is 7.00. The zero-order chi connectivity index (χ0) is 8.97. The van der Waals surface area contributed by atoms with E-state index in [4.69, 9.17) is 21.1 Å². The standard InChI is InChI=1S/C8H10ClNO2/c1-11-7-3-4-10-6(5-9)8(7)12-2/h3-4H,5H2,1-2H3. The number of rotatable bonds is 3. The van der Waals surface area contributed by atoms with E-state index in [1.54, 1.807) is 26.5 Å². The molecule has 1 rings (SSSR count). The first-order valence-electron chi connectivity index (χ1n) is 3.45. The van der Waals surface area contributed by atoms with Gasteiger partial charge in [0.2, 0.25) is 0 Å². The number of aromatic nitrogens is 1. The second kappa shape index (κ2) is 4.16. The SMILES string of the molecule is COc1ccnc(CCl)c1OC. The van der Waals surface area contributed by atoms with E-state index in [1.165, 1.54) is 0 Å². The summed E-state index contributed by atoms with van der Waals surface area (Å²) in [6, 6.07) is 1.73. The van der Waals surface area contributed by atoms with Gasteiger partial charge in [-0.1, -0.05) is 0 Å². The van der Waals surface area contributed by atoms with Gasteiger partial charge in [0.25, 0.3) is 0 Å². The van der Waals surface area contributed by atoms with Crippen molar-refractivity contribution in [3.05, 3.63) is 18.0 Å². The zero-order valence-corrected chi connectivity index (χ0v) is 7.76. The van der Waals surface area contributed by atoms with Gasteiger partial charge in [0.1, 0.15) is 5.69 Å². The summed E-state index contributed by atoms with van der Waals surface area (Å²) >= 11 is 5.64. The molecule has 4 heteroatoms. The minimum absolute atomic E-state index is 0.320. The molecule has 0 aliphatic heterocycles. The van der Waals surface area contributed by atoms with Crippen LogP contribution in [0.4, 0.5) is 0 Å². The van der Waals surface area contributed by atoms with E-state index in [0.29, 0.717) is 23.1 Å². The van der Waals surface area contributed by atoms with E-state index in [2.05, 4.69) is 4.98 Å². The molecule has 0 aliphatic carbocycles. The summed E-state index contributed by atoms with van der Waals surface area (Å²) in [7, 11) is 3.14. The molecular formula is C8H10ClNO2. The smallest absolute Gasteiger partial charge is 0.183 e. The van der Waals surface area contributed by atoms with Crippen LogP contribution in [-0.2, 0) is 5.88 Å². The van der Waals surface area contributed by atoms with Crippen LogP contribution in [0.1, 0.15) is 5.69 Å². The molecular weight excluding hydrogens is 178 g/mol. The van der Waals surface area contributed by atoms with Crippen LogP contribution < -0.4 is 9.47 Å². The third-order valence-corrected chi connectivity index (χ3v) is 1.75. The molecule has 1 heterocycles. The summed E-state index contributed by atoms with van der Waals surface area (Å²) in [5, 5.41) is 0. The fraction of sp³-hybridized carbons (Fsp3) is 0.375. The van der Waals surface area contributed by atoms with Gasteiger partial charge in [-0.2, -0.15) is 0 Å². The van der Waals surface area contributed by atoms with Crippen LogP contribution in [0, 0.1) is 0 Å². The fourth-order valence-electron chi connectivity index (χ4n) is 0.946. The highest BCUT2D eigenvalue weighted by Crippen LogP contribution is 2.29. The summed E-state index contributed by atoms with van der Waals surface area (Å²) < 4.78 is 10.1. The largest absolute Gasteiger partial charge is 0.493 e. The molecule has 3 nitrogen and oxygen atoms in total. The summed E-state index contributed by atoms with van der Waals surface area (Å²) in [6.45, 7) is 0. The average Bonchev–Trinajstić information content (AvgIpc) is 2.16. The Bertz CT molecular complexity index is 243. The van der Waals surface area contributed by atoms with E-state index >= 15 is 0 Å². The van der Waals surface area contributed by atoms with Crippen molar-refractivity contribution in [2.75, 3.05) is 14.2 Å². The Labute approximate surface area is 76.3 Å². The molecule has 0 spiro atoms. The molecule has 12 heavy (non-hydrogen) atoms. The van der Waals surface area contributed by atoms with Gasteiger partial charge >= 0.3 is 0 Å². The first-order chi connectivity index (χ1) is 5.83. The number of alkyl halides is 1. The predicted molar refractivity (Wildman–Crippen MR) is 46.9 cm³/mol. The Morgan fingerprint density at radius 1 is 1.42 bits per heavy atom. The van der Waals surface area contributed by atoms with Crippen LogP contribution in [0.25, 0.3) is 0 Å². The van der Waals surface area contributed by atoms with Gasteiger partial charge in [0, 0.05) is 12.3 Å². The van der Waals surface area contributed by atoms with Crippen molar-refractivity contribution >= 4 is 11.6 Å². The van der Waals surface area contributed by atoms with Gasteiger partial charge in [-0.15, -0.1) is 11.6 Å². The minimum Gasteiger partial charge on any atom is -0.493 e. The van der Waals surface area contributed by atoms with Gasteiger partial charge in [0.15, 0.2) is 11.5 Å². The van der Waals surface area contributed by atoms with Crippen LogP contribution in [0.15, 0.2) is 12.3 Å². The van der Waals surface area contributed by atoms with Gasteiger partial charge in [-0.25, -0.2) is 0 Å². The lowest BCUT2D eigenvalue weighted by molar-refractivity contribution is 0.350. The lowest BCUT2D eigenvalue weighted by atomic mass is 10.3. The molecule has 0 saturated heterocycles. The van der Waals surface area contributed by atoms with E-state index < -0.39 is 0 Å². The van der Waals surface area contributed by atoms with Gasteiger partial charge < -0.3 is 9.47 Å². The minimum atomic E-state index is 0.320. The van der Waals surface area contributed by atoms with Crippen LogP contribution in [0.3, 0.4) is 0 Å². The molecule has 0 unspecified atom stereocenters. The van der Waals surface area contributed by atoms with Crippen molar-refractivity contribution in [2.24, 2.45) is 0 Å². The predicted octanol–water partition coefficient (Wildman–Crippen LogP) is 1.84. The van der Waals surface area contributed by atoms with Crippen molar-refractivity contribution < 1.29 is 9.47 Å². The molecule has 0 N–H and O–H groups in total. The van der Waals surface area contributed by atoms with E-state index in [1.807, 2.05) is 0 Å². The first kappa shape index (κ1) is 9.13. The maximum atomic E-state index is 5.64. The van der Waals surface area contributed by atoms with E-state index in [-0.39, 0.29) is 0 Å². The quantitative estimate of drug-likeness (QED) is 0.677. The Hall–Kier alpha value is -0.960. The lowest BCUT2D eigenvalue weighted by Crippen LogP contribution is -1.96. The molecule has 0 amide bonds. The molecule has 0 bridgehead atoms. The Morgan fingerprint density at radius 3 is 2.67 bits per heavy atom. The molecule has 1 aromatic rings. The molecule has 0 atom stereocenters. The number of halogens is 1. The summed E-state index contributed by atoms with van der Waals surface area (Å²) in [5.74, 6) is 1.58. The maximum Gasteiger partial charge on any atom is 0.183 e. The highest BCUT2D eigenvalue weighted by molar-refractivity contribution is 6.17. The number of methoxy groups -OCH3 is 2. The van der Waals surface area contributed by atoms with Crippen molar-refractivity contribution in [1.82, 2.24) is 4.98 Å². The third-order valence-electron chi connectivity index (χ3n) is 1.49. The molecule has 0 aromatic carbocycles. The van der Waals surface area contributed by atoms with Gasteiger partial charge in [-0.3, -0.25) is 4.98 Å². The van der Waals surface area contributed by atoms with Crippen molar-refractivity contribution in [2.45, 2.75) is 5.88 Å². The number of pyridine rings is 1. The second-order valence-corrected chi connectivity index (χ2v) is 2.39. The first-order valence-corrected chi connectivity index (χ1v) is 3.98. The van der Waals surface area contributed by atoms with Crippen LogP contribution in [-0.4, -0.2) is 19.2 Å². The highest BCUT2D eigenvalue weighted by atomic mass is 35.5.